The van der Waals surface area contributed by atoms with Crippen LogP contribution in [0.3, 0.4) is 0 Å². The molecule has 0 fully saturated rings. The maximum Gasteiger partial charge on any atom is 0.126 e. The summed E-state index contributed by atoms with van der Waals surface area (Å²) >= 11 is 0. The Kier molecular flexibility index (Phi) is 3.34. The first-order chi connectivity index (χ1) is 5.67. The van der Waals surface area contributed by atoms with Crippen LogP contribution in [0.5, 0.6) is 0 Å². The van der Waals surface area contributed by atoms with Crippen molar-refractivity contribution in [2.75, 3.05) is 0 Å². The molecule has 3 heteroatoms. The molecule has 0 aliphatic rings. The van der Waals surface area contributed by atoms with E-state index in [0.717, 1.165) is 6.04 Å². The highest BCUT2D eigenvalue weighted by Crippen LogP contribution is 2.13. The monoisotopic (exact) mass is 195 g/mol. The largest absolute Gasteiger partial charge is 0.475 e. The van der Waals surface area contributed by atoms with Crippen molar-refractivity contribution in [3.8, 4) is 0 Å². The van der Waals surface area contributed by atoms with Gasteiger partial charge >= 0.3 is 0 Å². The minimum Gasteiger partial charge on any atom is -0.475 e. The van der Waals surface area contributed by atoms with E-state index in [4.69, 9.17) is 4.42 Å². The van der Waals surface area contributed by atoms with Crippen LogP contribution in [0.2, 0.25) is 25.2 Å². The summed E-state index contributed by atoms with van der Waals surface area (Å²) in [5.74, 6) is 0. The molecule has 0 aromatic carbocycles. The molecule has 0 saturated heterocycles. The zero-order valence-corrected chi connectivity index (χ0v) is 9.76. The molecule has 0 atom stereocenters. The van der Waals surface area contributed by atoms with E-state index >= 15 is 0 Å². The van der Waals surface area contributed by atoms with Gasteiger partial charge in [0.25, 0.3) is 0 Å². The first-order valence-corrected chi connectivity index (χ1v) is 8.27. The molecule has 1 aromatic heterocycles. The summed E-state index contributed by atoms with van der Waals surface area (Å²) < 4.78 is 5.44. The van der Waals surface area contributed by atoms with Gasteiger partial charge in [-0.15, -0.1) is 0 Å². The van der Waals surface area contributed by atoms with Gasteiger partial charge in [0.1, 0.15) is 8.07 Å². The fourth-order valence-electron chi connectivity index (χ4n) is 1.32. The third-order valence-corrected chi connectivity index (χ3v) is 5.74. The molecule has 1 aromatic rings. The standard InChI is InChI=1S/C9H15OSi2/c1-12(2,8-4-7-11)9-5-3-6-10-9/h3,5-6H,4,7-8H2,1-2H3. The maximum absolute atomic E-state index is 5.44. The summed E-state index contributed by atoms with van der Waals surface area (Å²) in [6.07, 6.45) is 3.02. The Balaban J connectivity index is 2.59. The molecule has 12 heavy (non-hydrogen) atoms. The van der Waals surface area contributed by atoms with Gasteiger partial charge in [0.05, 0.1) is 11.6 Å². The summed E-state index contributed by atoms with van der Waals surface area (Å²) in [6.45, 7) is 4.71. The fourth-order valence-corrected chi connectivity index (χ4v) is 4.09. The predicted octanol–water partition coefficient (Wildman–Crippen LogP) is 2.17. The Morgan fingerprint density at radius 1 is 1.50 bits per heavy atom. The van der Waals surface area contributed by atoms with Gasteiger partial charge in [-0.3, -0.25) is 0 Å². The molecular formula is C9H15OSi2. The SMILES string of the molecule is C[Si](C)(CCC[Si])c1ccco1. The van der Waals surface area contributed by atoms with Crippen molar-refractivity contribution in [1.29, 1.82) is 0 Å². The average Bonchev–Trinajstić information content (AvgIpc) is 2.53. The van der Waals surface area contributed by atoms with Crippen molar-refractivity contribution in [3.63, 3.8) is 0 Å². The summed E-state index contributed by atoms with van der Waals surface area (Å²) in [7, 11) is 2.26. The molecule has 0 aliphatic carbocycles. The lowest BCUT2D eigenvalue weighted by Crippen LogP contribution is -2.39. The first kappa shape index (κ1) is 9.80. The highest BCUT2D eigenvalue weighted by molar-refractivity contribution is 6.88. The number of hydrogen-bond donors (Lipinski definition) is 0. The molecule has 1 heterocycles. The molecule has 65 valence electrons. The number of hydrogen-bond acceptors (Lipinski definition) is 1. The molecule has 0 amide bonds. The van der Waals surface area contributed by atoms with Crippen LogP contribution in [0, 0.1) is 0 Å². The Morgan fingerprint density at radius 3 is 2.75 bits per heavy atom. The molecule has 3 radical (unpaired) electrons. The van der Waals surface area contributed by atoms with Crippen molar-refractivity contribution < 1.29 is 4.42 Å². The molecule has 0 aliphatic heterocycles. The van der Waals surface area contributed by atoms with Gasteiger partial charge in [0.15, 0.2) is 0 Å². The van der Waals surface area contributed by atoms with Crippen LogP contribution in [0.15, 0.2) is 22.8 Å². The van der Waals surface area contributed by atoms with Crippen LogP contribution in [0.1, 0.15) is 6.42 Å². The molecule has 0 saturated carbocycles. The van der Waals surface area contributed by atoms with Gasteiger partial charge in [-0.05, 0) is 12.1 Å². The van der Waals surface area contributed by atoms with E-state index in [1.165, 1.54) is 17.8 Å². The molecule has 1 nitrogen and oxygen atoms in total. The Bertz CT molecular complexity index is 216. The minimum absolute atomic E-state index is 1.09. The second kappa shape index (κ2) is 4.09. The molecule has 0 bridgehead atoms. The molecule has 0 N–H and O–H groups in total. The van der Waals surface area contributed by atoms with Crippen molar-refractivity contribution in [1.82, 2.24) is 0 Å². The quantitative estimate of drug-likeness (QED) is 0.671. The third kappa shape index (κ3) is 2.35. The van der Waals surface area contributed by atoms with Gasteiger partial charge in [0.2, 0.25) is 0 Å². The molecule has 0 spiro atoms. The van der Waals surface area contributed by atoms with E-state index in [-0.39, 0.29) is 0 Å². The second-order valence-electron chi connectivity index (χ2n) is 3.71. The predicted molar refractivity (Wildman–Crippen MR) is 55.8 cm³/mol. The minimum atomic E-state index is -1.25. The highest BCUT2D eigenvalue weighted by Gasteiger charge is 2.25. The van der Waals surface area contributed by atoms with Gasteiger partial charge < -0.3 is 4.42 Å². The fraction of sp³-hybridized carbons (Fsp3) is 0.556. The Labute approximate surface area is 78.6 Å². The number of furan rings is 1. The van der Waals surface area contributed by atoms with E-state index < -0.39 is 8.07 Å². The lowest BCUT2D eigenvalue weighted by atomic mass is 10.6. The Morgan fingerprint density at radius 2 is 2.25 bits per heavy atom. The summed E-state index contributed by atoms with van der Waals surface area (Å²) in [6, 6.07) is 6.48. The molecule has 0 unspecified atom stereocenters. The normalized spacial score (nSPS) is 11.9. The smallest absolute Gasteiger partial charge is 0.126 e. The van der Waals surface area contributed by atoms with Crippen molar-refractivity contribution >= 4 is 23.7 Å². The van der Waals surface area contributed by atoms with Gasteiger partial charge in [0, 0.05) is 10.2 Å². The van der Waals surface area contributed by atoms with E-state index in [2.05, 4.69) is 29.4 Å². The van der Waals surface area contributed by atoms with E-state index in [9.17, 15) is 0 Å². The third-order valence-electron chi connectivity index (χ3n) is 2.17. The van der Waals surface area contributed by atoms with Crippen LogP contribution in [-0.4, -0.2) is 18.3 Å². The first-order valence-electron chi connectivity index (χ1n) is 4.35. The van der Waals surface area contributed by atoms with Crippen LogP contribution in [0.25, 0.3) is 0 Å². The summed E-state index contributed by atoms with van der Waals surface area (Å²) in [5.41, 5.74) is 0. The second-order valence-corrected chi connectivity index (χ2v) is 8.98. The van der Waals surface area contributed by atoms with Crippen molar-refractivity contribution in [2.45, 2.75) is 31.6 Å². The zero-order chi connectivity index (χ0) is 9.03. The lowest BCUT2D eigenvalue weighted by Gasteiger charge is -2.18. The van der Waals surface area contributed by atoms with Gasteiger partial charge in [-0.2, -0.15) is 0 Å². The highest BCUT2D eigenvalue weighted by atomic mass is 28.3. The van der Waals surface area contributed by atoms with Gasteiger partial charge in [-0.25, -0.2) is 0 Å². The van der Waals surface area contributed by atoms with Gasteiger partial charge in [-0.1, -0.05) is 31.6 Å². The number of rotatable bonds is 4. The summed E-state index contributed by atoms with van der Waals surface area (Å²) in [5, 5.41) is 1.22. The van der Waals surface area contributed by atoms with Crippen molar-refractivity contribution in [3.05, 3.63) is 18.4 Å². The molecular weight excluding hydrogens is 180 g/mol. The van der Waals surface area contributed by atoms with Crippen LogP contribution < -0.4 is 5.38 Å². The van der Waals surface area contributed by atoms with Crippen LogP contribution in [-0.2, 0) is 0 Å². The van der Waals surface area contributed by atoms with Crippen LogP contribution >= 0.6 is 0 Å². The van der Waals surface area contributed by atoms with E-state index in [0.29, 0.717) is 0 Å². The van der Waals surface area contributed by atoms with Crippen molar-refractivity contribution in [2.24, 2.45) is 0 Å². The molecule has 1 rings (SSSR count). The lowest BCUT2D eigenvalue weighted by molar-refractivity contribution is 0.596. The zero-order valence-electron chi connectivity index (χ0n) is 7.76. The van der Waals surface area contributed by atoms with E-state index in [1.54, 1.807) is 6.26 Å². The van der Waals surface area contributed by atoms with E-state index in [1.807, 2.05) is 6.07 Å². The maximum atomic E-state index is 5.44. The summed E-state index contributed by atoms with van der Waals surface area (Å²) in [4.78, 5) is 0. The Hall–Kier alpha value is -0.286. The topological polar surface area (TPSA) is 13.1 Å². The average molecular weight is 195 g/mol. The van der Waals surface area contributed by atoms with Crippen LogP contribution in [0.4, 0.5) is 0 Å².